The first-order valence-corrected chi connectivity index (χ1v) is 13.1. The normalized spacial score (nSPS) is 18.6. The molecule has 0 aromatic heterocycles. The molecule has 0 bridgehead atoms. The summed E-state index contributed by atoms with van der Waals surface area (Å²) in [4.78, 5) is 44.5. The predicted molar refractivity (Wildman–Crippen MR) is 139 cm³/mol. The van der Waals surface area contributed by atoms with Crippen molar-refractivity contribution in [3.8, 4) is 0 Å². The molecule has 0 N–H and O–H groups in total. The Bertz CT molecular complexity index is 1080. The van der Waals surface area contributed by atoms with Crippen LogP contribution in [-0.2, 0) is 32.1 Å². The van der Waals surface area contributed by atoms with Gasteiger partial charge in [-0.1, -0.05) is 59.6 Å². The van der Waals surface area contributed by atoms with Gasteiger partial charge in [-0.2, -0.15) is 0 Å². The van der Waals surface area contributed by atoms with Crippen molar-refractivity contribution in [2.45, 2.75) is 19.4 Å². The number of halogens is 2. The molecule has 2 heterocycles. The predicted octanol–water partition coefficient (Wildman–Crippen LogP) is 3.31. The van der Waals surface area contributed by atoms with Crippen LogP contribution in [0, 0.1) is 5.92 Å². The molecule has 2 aliphatic rings. The zero-order chi connectivity index (χ0) is 25.5. The minimum Gasteiger partial charge on any atom is -0.379 e. The smallest absolute Gasteiger partial charge is 0.290 e. The number of morpholine rings is 1. The molecule has 36 heavy (non-hydrogen) atoms. The van der Waals surface area contributed by atoms with E-state index in [4.69, 9.17) is 27.9 Å². The largest absolute Gasteiger partial charge is 0.379 e. The summed E-state index contributed by atoms with van der Waals surface area (Å²) in [5.41, 5.74) is 2.00. The van der Waals surface area contributed by atoms with E-state index in [0.717, 1.165) is 31.5 Å². The van der Waals surface area contributed by atoms with Crippen LogP contribution >= 0.6 is 23.2 Å². The molecule has 1 atom stereocenters. The molecule has 0 aliphatic carbocycles. The molecule has 2 aromatic rings. The summed E-state index contributed by atoms with van der Waals surface area (Å²) in [6.07, 6.45) is 1.53. The molecule has 4 rings (SSSR count). The molecule has 2 aliphatic heterocycles. The molecule has 2 aromatic carbocycles. The van der Waals surface area contributed by atoms with Crippen LogP contribution in [0.5, 0.6) is 0 Å². The monoisotopic (exact) mass is 531 g/mol. The average molecular weight is 532 g/mol. The summed E-state index contributed by atoms with van der Waals surface area (Å²) in [5, 5.41) is 0.849. The Hall–Kier alpha value is -2.45. The van der Waals surface area contributed by atoms with Gasteiger partial charge < -0.3 is 14.5 Å². The van der Waals surface area contributed by atoms with Gasteiger partial charge >= 0.3 is 0 Å². The van der Waals surface area contributed by atoms with Crippen molar-refractivity contribution >= 4 is 40.8 Å². The second-order valence-corrected chi connectivity index (χ2v) is 10.0. The van der Waals surface area contributed by atoms with Crippen LogP contribution < -0.4 is 0 Å². The molecule has 2 amide bonds. The van der Waals surface area contributed by atoms with Crippen molar-refractivity contribution in [3.63, 3.8) is 0 Å². The van der Waals surface area contributed by atoms with Crippen molar-refractivity contribution in [1.82, 2.24) is 14.7 Å². The lowest BCUT2D eigenvalue weighted by molar-refractivity contribution is -0.145. The van der Waals surface area contributed by atoms with Gasteiger partial charge in [0.1, 0.15) is 5.92 Å². The maximum Gasteiger partial charge on any atom is 0.290 e. The number of amides is 2. The molecule has 192 valence electrons. The van der Waals surface area contributed by atoms with Gasteiger partial charge in [0, 0.05) is 45.8 Å². The fraction of sp³-hybridized carbons (Fsp3) is 0.444. The molecule has 9 heteroatoms. The maximum absolute atomic E-state index is 13.6. The van der Waals surface area contributed by atoms with E-state index in [2.05, 4.69) is 17.0 Å². The zero-order valence-electron chi connectivity index (χ0n) is 20.2. The number of hydrogen-bond acceptors (Lipinski definition) is 5. The van der Waals surface area contributed by atoms with Crippen LogP contribution in [0.25, 0.3) is 0 Å². The van der Waals surface area contributed by atoms with Crippen LogP contribution in [0.15, 0.2) is 48.5 Å². The van der Waals surface area contributed by atoms with Crippen LogP contribution in [0.2, 0.25) is 10.0 Å². The first-order valence-electron chi connectivity index (χ1n) is 12.3. The van der Waals surface area contributed by atoms with Crippen LogP contribution in [0.1, 0.15) is 17.5 Å². The van der Waals surface area contributed by atoms with E-state index in [0.29, 0.717) is 42.9 Å². The van der Waals surface area contributed by atoms with Crippen molar-refractivity contribution < 1.29 is 19.1 Å². The quantitative estimate of drug-likeness (QED) is 0.347. The molecule has 1 unspecified atom stereocenters. The Balaban J connectivity index is 1.42. The van der Waals surface area contributed by atoms with Crippen LogP contribution in [0.3, 0.4) is 0 Å². The highest BCUT2D eigenvalue weighted by Gasteiger charge is 2.44. The van der Waals surface area contributed by atoms with Crippen LogP contribution in [-0.4, -0.2) is 84.8 Å². The Morgan fingerprint density at radius 3 is 2.44 bits per heavy atom. The van der Waals surface area contributed by atoms with Crippen LogP contribution in [0.4, 0.5) is 0 Å². The summed E-state index contributed by atoms with van der Waals surface area (Å²) in [5.74, 6) is -2.49. The Morgan fingerprint density at radius 2 is 1.72 bits per heavy atom. The Morgan fingerprint density at radius 1 is 0.972 bits per heavy atom. The number of hydrogen-bond donors (Lipinski definition) is 0. The number of aryl methyl sites for hydroxylation is 1. The minimum atomic E-state index is -0.985. The van der Waals surface area contributed by atoms with Crippen molar-refractivity contribution in [1.29, 1.82) is 0 Å². The number of likely N-dealkylation sites (tertiary alicyclic amines) is 1. The van der Waals surface area contributed by atoms with Gasteiger partial charge in [-0.05, 0) is 36.1 Å². The van der Waals surface area contributed by atoms with Gasteiger partial charge in [0.2, 0.25) is 11.7 Å². The minimum absolute atomic E-state index is 0.122. The van der Waals surface area contributed by atoms with Crippen molar-refractivity contribution in [2.75, 3.05) is 52.5 Å². The topological polar surface area (TPSA) is 70.2 Å². The average Bonchev–Trinajstić information content (AvgIpc) is 3.18. The molecule has 0 saturated carbocycles. The molecule has 0 spiro atoms. The van der Waals surface area contributed by atoms with Crippen molar-refractivity contribution in [3.05, 3.63) is 69.7 Å². The second-order valence-electron chi connectivity index (χ2n) is 9.22. The lowest BCUT2D eigenvalue weighted by Gasteiger charge is -2.28. The SMILES string of the molecule is O=C1C(=O)N(CCN2CCOCC2)CC1C(=O)N(CCCc1ccccc1)Cc1ccc(Cl)c(Cl)c1. The highest BCUT2D eigenvalue weighted by atomic mass is 35.5. The Labute approximate surface area is 221 Å². The van der Waals surface area contributed by atoms with Gasteiger partial charge in [0.25, 0.3) is 5.91 Å². The lowest BCUT2D eigenvalue weighted by Crippen LogP contribution is -2.42. The van der Waals surface area contributed by atoms with Gasteiger partial charge in [-0.15, -0.1) is 0 Å². The van der Waals surface area contributed by atoms with Gasteiger partial charge in [-0.3, -0.25) is 19.3 Å². The molecule has 7 nitrogen and oxygen atoms in total. The number of ether oxygens (including phenoxy) is 1. The number of Topliss-reactive ketones (excluding diaryl/α,β-unsaturated/α-hetero) is 1. The van der Waals surface area contributed by atoms with E-state index in [9.17, 15) is 14.4 Å². The molecule has 0 radical (unpaired) electrons. The van der Waals surface area contributed by atoms with Gasteiger partial charge in [0.05, 0.1) is 23.3 Å². The highest BCUT2D eigenvalue weighted by Crippen LogP contribution is 2.25. The van der Waals surface area contributed by atoms with E-state index < -0.39 is 17.6 Å². The fourth-order valence-corrected chi connectivity index (χ4v) is 4.95. The Kier molecular flexibility index (Phi) is 9.37. The number of nitrogens with zero attached hydrogens (tertiary/aromatic N) is 3. The fourth-order valence-electron chi connectivity index (χ4n) is 4.63. The third-order valence-corrected chi connectivity index (χ3v) is 7.45. The van der Waals surface area contributed by atoms with E-state index >= 15 is 0 Å². The summed E-state index contributed by atoms with van der Waals surface area (Å²) >= 11 is 12.3. The molecule has 2 saturated heterocycles. The van der Waals surface area contributed by atoms with Gasteiger partial charge in [0.15, 0.2) is 0 Å². The van der Waals surface area contributed by atoms with Crippen molar-refractivity contribution in [2.24, 2.45) is 5.92 Å². The summed E-state index contributed by atoms with van der Waals surface area (Å²) in [7, 11) is 0. The van der Waals surface area contributed by atoms with E-state index in [1.807, 2.05) is 24.3 Å². The molecule has 2 fully saturated rings. The number of ketones is 1. The summed E-state index contributed by atoms with van der Waals surface area (Å²) < 4.78 is 5.37. The number of benzene rings is 2. The summed E-state index contributed by atoms with van der Waals surface area (Å²) in [6.45, 7) is 4.89. The zero-order valence-corrected chi connectivity index (χ0v) is 21.7. The molecular formula is C27H31Cl2N3O4. The number of carbonyl (C=O) groups is 3. The second kappa shape index (κ2) is 12.7. The number of carbonyl (C=O) groups excluding carboxylic acids is 3. The van der Waals surface area contributed by atoms with Gasteiger partial charge in [-0.25, -0.2) is 0 Å². The van der Waals surface area contributed by atoms with E-state index in [1.165, 1.54) is 10.5 Å². The first-order chi connectivity index (χ1) is 17.4. The maximum atomic E-state index is 13.6. The third-order valence-electron chi connectivity index (χ3n) is 6.71. The van der Waals surface area contributed by atoms with E-state index in [-0.39, 0.29) is 19.0 Å². The number of rotatable bonds is 10. The van der Waals surface area contributed by atoms with E-state index in [1.54, 1.807) is 17.0 Å². The third kappa shape index (κ3) is 6.85. The highest BCUT2D eigenvalue weighted by molar-refractivity contribution is 6.42. The first kappa shape index (κ1) is 26.6. The standard InChI is InChI=1S/C27H31Cl2N3O4/c28-23-9-8-21(17-24(23)29)18-31(10-4-7-20-5-2-1-3-6-20)26(34)22-19-32(27(35)25(22)33)12-11-30-13-15-36-16-14-30/h1-3,5-6,8-9,17,22H,4,7,10-16,18-19H2. The lowest BCUT2D eigenvalue weighted by atomic mass is 10.0. The summed E-state index contributed by atoms with van der Waals surface area (Å²) in [6, 6.07) is 15.3. The molecular weight excluding hydrogens is 501 g/mol.